The molecule has 1 N–H and O–H groups in total. The molecule has 1 saturated heterocycles. The Hall–Kier alpha value is -2.05. The molecule has 0 bridgehead atoms. The Labute approximate surface area is 145 Å². The van der Waals surface area contributed by atoms with Gasteiger partial charge >= 0.3 is 6.18 Å². The fourth-order valence-electron chi connectivity index (χ4n) is 2.87. The number of amides is 2. The summed E-state index contributed by atoms with van der Waals surface area (Å²) in [5.74, 6) is -0.801. The first kappa shape index (κ1) is 19.3. The van der Waals surface area contributed by atoms with Gasteiger partial charge in [-0.3, -0.25) is 9.59 Å². The van der Waals surface area contributed by atoms with Gasteiger partial charge in [-0.1, -0.05) is 26.8 Å². The highest BCUT2D eigenvalue weighted by Crippen LogP contribution is 2.31. The van der Waals surface area contributed by atoms with Crippen LogP contribution in [0.25, 0.3) is 0 Å². The summed E-state index contributed by atoms with van der Waals surface area (Å²) in [5.41, 5.74) is -1.23. The molecule has 0 spiro atoms. The van der Waals surface area contributed by atoms with Gasteiger partial charge in [0.25, 0.3) is 0 Å². The summed E-state index contributed by atoms with van der Waals surface area (Å²) in [4.78, 5) is 26.5. The lowest BCUT2D eigenvalue weighted by Crippen LogP contribution is -2.47. The van der Waals surface area contributed by atoms with Gasteiger partial charge in [0, 0.05) is 24.2 Å². The largest absolute Gasteiger partial charge is 0.416 e. The van der Waals surface area contributed by atoms with Gasteiger partial charge in [-0.2, -0.15) is 13.2 Å². The molecule has 2 rings (SSSR count). The summed E-state index contributed by atoms with van der Waals surface area (Å²) in [6, 6.07) is 4.56. The van der Waals surface area contributed by atoms with Crippen molar-refractivity contribution in [1.82, 2.24) is 4.90 Å². The summed E-state index contributed by atoms with van der Waals surface area (Å²) in [7, 11) is 0. The van der Waals surface area contributed by atoms with Gasteiger partial charge in [-0.15, -0.1) is 0 Å². The number of halogens is 3. The van der Waals surface area contributed by atoms with Crippen LogP contribution in [0.15, 0.2) is 24.3 Å². The number of likely N-dealkylation sites (tertiary alicyclic amines) is 1. The van der Waals surface area contributed by atoms with Crippen molar-refractivity contribution in [2.24, 2.45) is 11.3 Å². The zero-order valence-corrected chi connectivity index (χ0v) is 14.6. The maximum atomic E-state index is 12.8. The minimum atomic E-state index is -4.46. The lowest BCUT2D eigenvalue weighted by molar-refractivity contribution is -0.142. The average molecular weight is 356 g/mol. The van der Waals surface area contributed by atoms with Crippen molar-refractivity contribution in [3.05, 3.63) is 29.8 Å². The number of anilines is 1. The molecule has 1 fully saturated rings. The molecule has 0 saturated carbocycles. The molecule has 1 aromatic carbocycles. The minimum Gasteiger partial charge on any atom is -0.341 e. The molecule has 4 nitrogen and oxygen atoms in total. The Morgan fingerprint density at radius 2 is 1.88 bits per heavy atom. The molecule has 1 aliphatic heterocycles. The van der Waals surface area contributed by atoms with Crippen LogP contribution < -0.4 is 5.32 Å². The predicted molar refractivity (Wildman–Crippen MR) is 88.8 cm³/mol. The highest BCUT2D eigenvalue weighted by molar-refractivity contribution is 5.93. The highest BCUT2D eigenvalue weighted by atomic mass is 19.4. The molecule has 0 aliphatic carbocycles. The third kappa shape index (κ3) is 4.96. The number of hydrogen-bond acceptors (Lipinski definition) is 2. The van der Waals surface area contributed by atoms with E-state index in [1.165, 1.54) is 12.1 Å². The van der Waals surface area contributed by atoms with Gasteiger partial charge in [0.1, 0.15) is 0 Å². The number of carbonyl (C=O) groups is 2. The van der Waals surface area contributed by atoms with Crippen LogP contribution in [-0.2, 0) is 15.8 Å². The number of benzene rings is 1. The molecule has 25 heavy (non-hydrogen) atoms. The Morgan fingerprint density at radius 1 is 1.20 bits per heavy atom. The summed E-state index contributed by atoms with van der Waals surface area (Å²) in [6.45, 7) is 6.36. The molecule has 138 valence electrons. The van der Waals surface area contributed by atoms with Gasteiger partial charge in [-0.25, -0.2) is 0 Å². The van der Waals surface area contributed by atoms with Crippen LogP contribution >= 0.6 is 0 Å². The number of nitrogens with one attached hydrogen (secondary N) is 1. The van der Waals surface area contributed by atoms with E-state index in [2.05, 4.69) is 5.32 Å². The van der Waals surface area contributed by atoms with Crippen molar-refractivity contribution in [1.29, 1.82) is 0 Å². The van der Waals surface area contributed by atoms with Gasteiger partial charge in [0.2, 0.25) is 11.8 Å². The molecule has 0 radical (unpaired) electrons. The monoisotopic (exact) mass is 356 g/mol. The van der Waals surface area contributed by atoms with Crippen LogP contribution in [0.1, 0.15) is 39.2 Å². The van der Waals surface area contributed by atoms with Gasteiger partial charge in [0.05, 0.1) is 11.5 Å². The van der Waals surface area contributed by atoms with Crippen molar-refractivity contribution >= 4 is 17.5 Å². The molecule has 1 aromatic rings. The summed E-state index contributed by atoms with van der Waals surface area (Å²) in [5, 5.41) is 2.55. The molecule has 7 heteroatoms. The fourth-order valence-corrected chi connectivity index (χ4v) is 2.87. The Kier molecular flexibility index (Phi) is 5.44. The fraction of sp³-hybridized carbons (Fsp3) is 0.556. The number of rotatable bonds is 2. The molecular formula is C18H23F3N2O2. The lowest BCUT2D eigenvalue weighted by Gasteiger charge is -2.35. The first-order valence-corrected chi connectivity index (χ1v) is 8.26. The molecule has 1 atom stereocenters. The Bertz CT molecular complexity index is 650. The van der Waals surface area contributed by atoms with Crippen LogP contribution in [0.2, 0.25) is 0 Å². The average Bonchev–Trinajstić information content (AvgIpc) is 2.53. The molecule has 0 aromatic heterocycles. The third-order valence-electron chi connectivity index (χ3n) is 4.18. The summed E-state index contributed by atoms with van der Waals surface area (Å²) < 4.78 is 38.3. The van der Waals surface area contributed by atoms with Crippen molar-refractivity contribution in [3.8, 4) is 0 Å². The zero-order chi connectivity index (χ0) is 18.8. The molecule has 1 aliphatic rings. The van der Waals surface area contributed by atoms with E-state index in [1.54, 1.807) is 4.90 Å². The first-order chi connectivity index (χ1) is 11.5. The van der Waals surface area contributed by atoms with E-state index in [1.807, 2.05) is 20.8 Å². The van der Waals surface area contributed by atoms with Crippen LogP contribution in [0.3, 0.4) is 0 Å². The number of piperidine rings is 1. The van der Waals surface area contributed by atoms with Crippen LogP contribution in [-0.4, -0.2) is 29.8 Å². The van der Waals surface area contributed by atoms with Gasteiger partial charge < -0.3 is 10.2 Å². The van der Waals surface area contributed by atoms with E-state index < -0.39 is 23.1 Å². The molecule has 1 heterocycles. The standard InChI is InChI=1S/C18H23F3N2O2/c1-17(2,3)16(25)23-9-5-6-12(11-23)15(24)22-14-8-4-7-13(10-14)18(19,20)21/h4,7-8,10,12H,5-6,9,11H2,1-3H3,(H,22,24)/t12-/m1/s1. The number of carbonyl (C=O) groups excluding carboxylic acids is 2. The lowest BCUT2D eigenvalue weighted by atomic mass is 9.91. The second-order valence-corrected chi connectivity index (χ2v) is 7.41. The third-order valence-corrected chi connectivity index (χ3v) is 4.18. The molecule has 2 amide bonds. The van der Waals surface area contributed by atoms with E-state index in [9.17, 15) is 22.8 Å². The number of nitrogens with zero attached hydrogens (tertiary/aromatic N) is 1. The van der Waals surface area contributed by atoms with Crippen LogP contribution in [0, 0.1) is 11.3 Å². The second kappa shape index (κ2) is 7.06. The molecule has 0 unspecified atom stereocenters. The highest BCUT2D eigenvalue weighted by Gasteiger charge is 2.34. The van der Waals surface area contributed by atoms with E-state index in [4.69, 9.17) is 0 Å². The maximum Gasteiger partial charge on any atom is 0.416 e. The SMILES string of the molecule is CC(C)(C)C(=O)N1CCC[C@@H](C(=O)Nc2cccc(C(F)(F)F)c2)C1. The van der Waals surface area contributed by atoms with Crippen molar-refractivity contribution in [3.63, 3.8) is 0 Å². The van der Waals surface area contributed by atoms with Crippen molar-refractivity contribution in [2.45, 2.75) is 39.8 Å². The first-order valence-electron chi connectivity index (χ1n) is 8.26. The van der Waals surface area contributed by atoms with Crippen molar-refractivity contribution in [2.75, 3.05) is 18.4 Å². The normalized spacial score (nSPS) is 18.8. The van der Waals surface area contributed by atoms with E-state index in [0.717, 1.165) is 12.1 Å². The minimum absolute atomic E-state index is 0.0240. The topological polar surface area (TPSA) is 49.4 Å². The molecular weight excluding hydrogens is 333 g/mol. The van der Waals surface area contributed by atoms with Crippen LogP contribution in [0.4, 0.5) is 18.9 Å². The zero-order valence-electron chi connectivity index (χ0n) is 14.6. The summed E-state index contributed by atoms with van der Waals surface area (Å²) >= 11 is 0. The Balaban J connectivity index is 2.05. The Morgan fingerprint density at radius 3 is 2.48 bits per heavy atom. The number of hydrogen-bond donors (Lipinski definition) is 1. The predicted octanol–water partition coefficient (Wildman–Crippen LogP) is 3.93. The van der Waals surface area contributed by atoms with Gasteiger partial charge in [0.15, 0.2) is 0 Å². The number of alkyl halides is 3. The van der Waals surface area contributed by atoms with E-state index in [0.29, 0.717) is 25.9 Å². The van der Waals surface area contributed by atoms with E-state index >= 15 is 0 Å². The van der Waals surface area contributed by atoms with Crippen molar-refractivity contribution < 1.29 is 22.8 Å². The smallest absolute Gasteiger partial charge is 0.341 e. The summed E-state index contributed by atoms with van der Waals surface area (Å²) in [6.07, 6.45) is -3.15. The second-order valence-electron chi connectivity index (χ2n) is 7.41. The maximum absolute atomic E-state index is 12.8. The quantitative estimate of drug-likeness (QED) is 0.873. The van der Waals surface area contributed by atoms with Crippen LogP contribution in [0.5, 0.6) is 0 Å². The van der Waals surface area contributed by atoms with E-state index in [-0.39, 0.29) is 17.5 Å². The van der Waals surface area contributed by atoms with Gasteiger partial charge in [-0.05, 0) is 31.0 Å².